The molecule has 8 nitrogen and oxygen atoms in total. The van der Waals surface area contributed by atoms with Crippen molar-refractivity contribution in [2.24, 2.45) is 0 Å². The lowest BCUT2D eigenvalue weighted by molar-refractivity contribution is 0.0774. The molecule has 0 saturated carbocycles. The van der Waals surface area contributed by atoms with Crippen molar-refractivity contribution in [2.75, 3.05) is 6.61 Å². The van der Waals surface area contributed by atoms with Crippen molar-refractivity contribution in [3.63, 3.8) is 0 Å². The second-order valence-electron chi connectivity index (χ2n) is 7.76. The first kappa shape index (κ1) is 21.7. The minimum absolute atomic E-state index is 0.113. The van der Waals surface area contributed by atoms with Gasteiger partial charge in [0, 0.05) is 18.9 Å². The van der Waals surface area contributed by atoms with Gasteiger partial charge in [0.1, 0.15) is 5.69 Å². The van der Waals surface area contributed by atoms with E-state index < -0.39 is 0 Å². The molecule has 2 unspecified atom stereocenters. The lowest BCUT2D eigenvalue weighted by Crippen LogP contribution is -2.31. The first-order valence-corrected chi connectivity index (χ1v) is 10.8. The fraction of sp³-hybridized carbons (Fsp3) is 0.333. The highest BCUT2D eigenvalue weighted by atomic mass is 16.5. The molecule has 32 heavy (non-hydrogen) atoms. The molecule has 166 valence electrons. The first-order valence-electron chi connectivity index (χ1n) is 10.8. The van der Waals surface area contributed by atoms with Crippen LogP contribution in [0.1, 0.15) is 70.1 Å². The summed E-state index contributed by atoms with van der Waals surface area (Å²) in [6, 6.07) is 11.1. The number of nitrogens with one attached hydrogen (secondary N) is 2. The predicted octanol–water partition coefficient (Wildman–Crippen LogP) is 3.18. The van der Waals surface area contributed by atoms with Crippen LogP contribution in [0.3, 0.4) is 0 Å². The van der Waals surface area contributed by atoms with Gasteiger partial charge in [-0.05, 0) is 25.0 Å². The molecule has 3 aromatic rings. The fourth-order valence-corrected chi connectivity index (χ4v) is 3.93. The Balaban J connectivity index is 1.57. The largest absolute Gasteiger partial charge is 0.373 e. The zero-order valence-electron chi connectivity index (χ0n) is 18.2. The number of aromatic nitrogens is 3. The lowest BCUT2D eigenvalue weighted by Gasteiger charge is -2.21. The molecule has 0 bridgehead atoms. The molecule has 1 aromatic carbocycles. The number of hydrogen-bond donors (Lipinski definition) is 2. The molecule has 4 rings (SSSR count). The van der Waals surface area contributed by atoms with Crippen LogP contribution in [0.25, 0.3) is 0 Å². The molecule has 1 aliphatic heterocycles. The zero-order valence-corrected chi connectivity index (χ0v) is 18.2. The lowest BCUT2D eigenvalue weighted by atomic mass is 10.0. The van der Waals surface area contributed by atoms with Gasteiger partial charge >= 0.3 is 0 Å². The van der Waals surface area contributed by atoms with E-state index in [0.717, 1.165) is 12.0 Å². The van der Waals surface area contributed by atoms with Crippen LogP contribution >= 0.6 is 0 Å². The molecule has 0 fully saturated rings. The number of amides is 2. The monoisotopic (exact) mass is 433 g/mol. The van der Waals surface area contributed by atoms with E-state index in [4.69, 9.17) is 4.74 Å². The highest BCUT2D eigenvalue weighted by Crippen LogP contribution is 2.24. The summed E-state index contributed by atoms with van der Waals surface area (Å²) in [5.74, 6) is -0.476. The summed E-state index contributed by atoms with van der Waals surface area (Å²) in [4.78, 5) is 34.6. The number of fused-ring (bicyclic) bond motifs is 1. The van der Waals surface area contributed by atoms with Gasteiger partial charge in [0.2, 0.25) is 0 Å². The molecule has 8 heteroatoms. The predicted molar refractivity (Wildman–Crippen MR) is 119 cm³/mol. The summed E-state index contributed by atoms with van der Waals surface area (Å²) in [5.41, 5.74) is 3.34. The van der Waals surface area contributed by atoms with Crippen LogP contribution in [0.15, 0.2) is 55.0 Å². The van der Waals surface area contributed by atoms with E-state index in [1.165, 1.54) is 0 Å². The van der Waals surface area contributed by atoms with Crippen LogP contribution < -0.4 is 10.6 Å². The summed E-state index contributed by atoms with van der Waals surface area (Å²) in [7, 11) is 0. The Bertz CT molecular complexity index is 1080. The Morgan fingerprint density at radius 1 is 1.16 bits per heavy atom. The van der Waals surface area contributed by atoms with Gasteiger partial charge in [-0.1, -0.05) is 37.3 Å². The van der Waals surface area contributed by atoms with Gasteiger partial charge in [0.25, 0.3) is 11.8 Å². The van der Waals surface area contributed by atoms with Gasteiger partial charge in [-0.15, -0.1) is 0 Å². The van der Waals surface area contributed by atoms with Crippen molar-refractivity contribution < 1.29 is 14.3 Å². The summed E-state index contributed by atoms with van der Waals surface area (Å²) >= 11 is 0. The van der Waals surface area contributed by atoms with E-state index in [1.54, 1.807) is 24.7 Å². The molecule has 0 saturated heterocycles. The van der Waals surface area contributed by atoms with Crippen LogP contribution in [0.4, 0.5) is 0 Å². The van der Waals surface area contributed by atoms with Crippen molar-refractivity contribution in [2.45, 2.75) is 45.5 Å². The Hall–Kier alpha value is -3.52. The van der Waals surface area contributed by atoms with Gasteiger partial charge in [0.15, 0.2) is 0 Å². The molecular formula is C24H27N5O3. The van der Waals surface area contributed by atoms with Crippen molar-refractivity contribution in [1.82, 2.24) is 25.2 Å². The van der Waals surface area contributed by atoms with Crippen LogP contribution in [0, 0.1) is 0 Å². The van der Waals surface area contributed by atoms with Crippen molar-refractivity contribution in [1.29, 1.82) is 0 Å². The van der Waals surface area contributed by atoms with Crippen molar-refractivity contribution >= 4 is 11.8 Å². The Morgan fingerprint density at radius 3 is 2.69 bits per heavy atom. The number of nitrogens with zero attached hydrogens (tertiary/aromatic N) is 3. The third-order valence-corrected chi connectivity index (χ3v) is 5.67. The van der Waals surface area contributed by atoms with Gasteiger partial charge in [-0.25, -0.2) is 0 Å². The standard InChI is InChI=1S/C24H27N5O3/c1-3-19(17-7-5-4-6-8-17)28-23(30)18-13-21(29-11-12-32-15-22(18)29)24(31)27-16(2)20-14-25-9-10-26-20/h4-10,13-14,16,19H,3,11-12,15H2,1-2H3,(H,27,31)(H,28,30). The smallest absolute Gasteiger partial charge is 0.268 e. The van der Waals surface area contributed by atoms with Gasteiger partial charge in [0.05, 0.1) is 48.4 Å². The Morgan fingerprint density at radius 2 is 1.97 bits per heavy atom. The van der Waals surface area contributed by atoms with Crippen LogP contribution in [-0.4, -0.2) is 33.0 Å². The molecule has 3 heterocycles. The van der Waals surface area contributed by atoms with Crippen LogP contribution in [-0.2, 0) is 17.9 Å². The summed E-state index contributed by atoms with van der Waals surface area (Å²) in [6.07, 6.45) is 5.56. The maximum Gasteiger partial charge on any atom is 0.268 e. The van der Waals surface area contributed by atoms with Gasteiger partial charge in [-0.3, -0.25) is 19.6 Å². The molecular weight excluding hydrogens is 406 g/mol. The van der Waals surface area contributed by atoms with Crippen molar-refractivity contribution in [3.8, 4) is 0 Å². The molecule has 0 spiro atoms. The summed E-state index contributed by atoms with van der Waals surface area (Å²) in [6.45, 7) is 5.18. The quantitative estimate of drug-likeness (QED) is 0.596. The van der Waals surface area contributed by atoms with E-state index in [2.05, 4.69) is 20.6 Å². The fourth-order valence-electron chi connectivity index (χ4n) is 3.93. The van der Waals surface area contributed by atoms with E-state index in [1.807, 2.05) is 48.7 Å². The molecule has 2 atom stereocenters. The highest BCUT2D eigenvalue weighted by molar-refractivity contribution is 6.01. The van der Waals surface area contributed by atoms with Crippen LogP contribution in [0.2, 0.25) is 0 Å². The summed E-state index contributed by atoms with van der Waals surface area (Å²) in [5, 5.41) is 6.07. The number of carbonyl (C=O) groups excluding carboxylic acids is 2. The number of benzene rings is 1. The van der Waals surface area contributed by atoms with Crippen molar-refractivity contribution in [3.05, 3.63) is 83.2 Å². The van der Waals surface area contributed by atoms with Gasteiger partial charge in [-0.2, -0.15) is 0 Å². The topological polar surface area (TPSA) is 98.1 Å². The maximum atomic E-state index is 13.2. The second-order valence-corrected chi connectivity index (χ2v) is 7.76. The molecule has 2 N–H and O–H groups in total. The number of rotatable bonds is 7. The normalized spacial score (nSPS) is 14.8. The van der Waals surface area contributed by atoms with Crippen LogP contribution in [0.5, 0.6) is 0 Å². The second kappa shape index (κ2) is 9.74. The maximum absolute atomic E-state index is 13.2. The molecule has 1 aliphatic rings. The highest BCUT2D eigenvalue weighted by Gasteiger charge is 2.27. The van der Waals surface area contributed by atoms with E-state index in [-0.39, 0.29) is 30.5 Å². The van der Waals surface area contributed by atoms with E-state index >= 15 is 0 Å². The first-order chi connectivity index (χ1) is 15.6. The number of hydrogen-bond acceptors (Lipinski definition) is 5. The average molecular weight is 434 g/mol. The third kappa shape index (κ3) is 4.55. The average Bonchev–Trinajstić information content (AvgIpc) is 3.23. The van der Waals surface area contributed by atoms with E-state index in [0.29, 0.717) is 35.8 Å². The Labute approximate surface area is 187 Å². The number of carbonyl (C=O) groups is 2. The SMILES string of the molecule is CCC(NC(=O)c1cc(C(=O)NC(C)c2cnccn2)n2c1COCC2)c1ccccc1. The minimum Gasteiger partial charge on any atom is -0.373 e. The third-order valence-electron chi connectivity index (χ3n) is 5.67. The molecule has 0 aliphatic carbocycles. The zero-order chi connectivity index (χ0) is 22.5. The minimum atomic E-state index is -0.318. The molecule has 2 aromatic heterocycles. The number of ether oxygens (including phenoxy) is 1. The molecule has 2 amide bonds. The summed E-state index contributed by atoms with van der Waals surface area (Å²) < 4.78 is 7.47. The van der Waals surface area contributed by atoms with Gasteiger partial charge < -0.3 is 19.9 Å². The molecule has 0 radical (unpaired) electrons. The Kier molecular flexibility index (Phi) is 6.61. The van der Waals surface area contributed by atoms with E-state index in [9.17, 15) is 9.59 Å².